The fourth-order valence-corrected chi connectivity index (χ4v) is 2.13. The normalized spacial score (nSPS) is 16.2. The van der Waals surface area contributed by atoms with Crippen LogP contribution in [0.1, 0.15) is 29.9 Å². The van der Waals surface area contributed by atoms with Gasteiger partial charge in [0.15, 0.2) is 0 Å². The van der Waals surface area contributed by atoms with E-state index in [1.54, 1.807) is 0 Å². The standard InChI is InChI=1S/C11H14ClN/c12-10-3-1-2-8(6-7-13)11(10)9-4-5-9/h1-3,9H,4-7,13H2. The highest BCUT2D eigenvalue weighted by Crippen LogP contribution is 2.44. The number of rotatable bonds is 3. The summed E-state index contributed by atoms with van der Waals surface area (Å²) < 4.78 is 0. The van der Waals surface area contributed by atoms with Gasteiger partial charge in [0.2, 0.25) is 0 Å². The molecular weight excluding hydrogens is 182 g/mol. The van der Waals surface area contributed by atoms with E-state index in [1.807, 2.05) is 12.1 Å². The van der Waals surface area contributed by atoms with Crippen molar-refractivity contribution in [1.29, 1.82) is 0 Å². The summed E-state index contributed by atoms with van der Waals surface area (Å²) in [5.41, 5.74) is 8.26. The van der Waals surface area contributed by atoms with Gasteiger partial charge in [-0.1, -0.05) is 23.7 Å². The van der Waals surface area contributed by atoms with Crippen molar-refractivity contribution in [1.82, 2.24) is 0 Å². The molecule has 70 valence electrons. The highest BCUT2D eigenvalue weighted by molar-refractivity contribution is 6.31. The van der Waals surface area contributed by atoms with Gasteiger partial charge in [0, 0.05) is 5.02 Å². The average molecular weight is 196 g/mol. The van der Waals surface area contributed by atoms with Gasteiger partial charge in [-0.2, -0.15) is 0 Å². The SMILES string of the molecule is NCCc1cccc(Cl)c1C1CC1. The summed E-state index contributed by atoms with van der Waals surface area (Å²) in [6.45, 7) is 0.708. The molecule has 0 saturated heterocycles. The smallest absolute Gasteiger partial charge is 0.0443 e. The molecule has 1 aromatic carbocycles. The molecule has 0 amide bonds. The molecule has 2 N–H and O–H groups in total. The zero-order valence-corrected chi connectivity index (χ0v) is 8.35. The van der Waals surface area contributed by atoms with Gasteiger partial charge < -0.3 is 5.73 Å². The Hall–Kier alpha value is -0.530. The van der Waals surface area contributed by atoms with Crippen LogP contribution in [0.25, 0.3) is 0 Å². The fourth-order valence-electron chi connectivity index (χ4n) is 1.78. The molecule has 13 heavy (non-hydrogen) atoms. The molecule has 0 radical (unpaired) electrons. The first-order chi connectivity index (χ1) is 6.33. The molecule has 0 unspecified atom stereocenters. The van der Waals surface area contributed by atoms with E-state index in [-0.39, 0.29) is 0 Å². The van der Waals surface area contributed by atoms with Crippen LogP contribution in [-0.2, 0) is 6.42 Å². The molecule has 0 heterocycles. The Kier molecular flexibility index (Phi) is 2.56. The van der Waals surface area contributed by atoms with Gasteiger partial charge in [0.05, 0.1) is 0 Å². The van der Waals surface area contributed by atoms with Crippen LogP contribution in [0, 0.1) is 0 Å². The van der Waals surface area contributed by atoms with Crippen LogP contribution in [0.4, 0.5) is 0 Å². The van der Waals surface area contributed by atoms with Crippen LogP contribution in [-0.4, -0.2) is 6.54 Å². The van der Waals surface area contributed by atoms with E-state index in [0.29, 0.717) is 6.54 Å². The number of nitrogens with two attached hydrogens (primary N) is 1. The van der Waals surface area contributed by atoms with E-state index in [1.165, 1.54) is 24.0 Å². The quantitative estimate of drug-likeness (QED) is 0.789. The zero-order chi connectivity index (χ0) is 9.26. The van der Waals surface area contributed by atoms with Gasteiger partial charge in [0.1, 0.15) is 0 Å². The molecular formula is C11H14ClN. The molecule has 1 aromatic rings. The Labute approximate surface area is 83.9 Å². The number of benzene rings is 1. The lowest BCUT2D eigenvalue weighted by molar-refractivity contribution is 0.936. The predicted octanol–water partition coefficient (Wildman–Crippen LogP) is 2.72. The Morgan fingerprint density at radius 2 is 2.15 bits per heavy atom. The lowest BCUT2D eigenvalue weighted by Crippen LogP contribution is -2.05. The Morgan fingerprint density at radius 3 is 2.77 bits per heavy atom. The van der Waals surface area contributed by atoms with Gasteiger partial charge in [-0.15, -0.1) is 0 Å². The predicted molar refractivity (Wildman–Crippen MR) is 56.2 cm³/mol. The summed E-state index contributed by atoms with van der Waals surface area (Å²) in [4.78, 5) is 0. The molecule has 2 heteroatoms. The molecule has 0 bridgehead atoms. The lowest BCUT2D eigenvalue weighted by atomic mass is 10.0. The summed E-state index contributed by atoms with van der Waals surface area (Å²) in [6.07, 6.45) is 3.54. The van der Waals surface area contributed by atoms with Crippen LogP contribution in [0.15, 0.2) is 18.2 Å². The van der Waals surface area contributed by atoms with Crippen molar-refractivity contribution in [2.24, 2.45) is 5.73 Å². The Balaban J connectivity index is 2.35. The summed E-state index contributed by atoms with van der Waals surface area (Å²) in [5, 5.41) is 0.924. The first-order valence-electron chi connectivity index (χ1n) is 4.80. The summed E-state index contributed by atoms with van der Waals surface area (Å²) in [6, 6.07) is 6.14. The van der Waals surface area contributed by atoms with E-state index in [2.05, 4.69) is 6.07 Å². The third kappa shape index (κ3) is 1.87. The summed E-state index contributed by atoms with van der Waals surface area (Å²) in [5.74, 6) is 0.718. The Bertz CT molecular complexity index is 305. The maximum absolute atomic E-state index is 6.16. The van der Waals surface area contributed by atoms with Crippen molar-refractivity contribution in [3.63, 3.8) is 0 Å². The van der Waals surface area contributed by atoms with Crippen molar-refractivity contribution in [3.8, 4) is 0 Å². The minimum absolute atomic E-state index is 0.708. The van der Waals surface area contributed by atoms with Gasteiger partial charge in [-0.25, -0.2) is 0 Å². The maximum Gasteiger partial charge on any atom is 0.0443 e. The molecule has 0 aliphatic heterocycles. The molecule has 1 aliphatic rings. The van der Waals surface area contributed by atoms with Crippen molar-refractivity contribution in [3.05, 3.63) is 34.3 Å². The van der Waals surface area contributed by atoms with Gasteiger partial charge in [-0.05, 0) is 48.9 Å². The maximum atomic E-state index is 6.16. The first-order valence-corrected chi connectivity index (χ1v) is 5.18. The molecule has 1 nitrogen and oxygen atoms in total. The number of halogens is 1. The first kappa shape index (κ1) is 9.04. The monoisotopic (exact) mass is 195 g/mol. The molecule has 1 fully saturated rings. The molecule has 0 spiro atoms. The van der Waals surface area contributed by atoms with Crippen LogP contribution in [0.2, 0.25) is 5.02 Å². The van der Waals surface area contributed by atoms with Crippen LogP contribution >= 0.6 is 11.6 Å². The second-order valence-corrected chi connectivity index (χ2v) is 4.03. The molecule has 0 atom stereocenters. The van der Waals surface area contributed by atoms with Crippen LogP contribution in [0.5, 0.6) is 0 Å². The molecule has 1 aliphatic carbocycles. The van der Waals surface area contributed by atoms with E-state index in [4.69, 9.17) is 17.3 Å². The largest absolute Gasteiger partial charge is 0.330 e. The third-order valence-corrected chi connectivity index (χ3v) is 2.87. The number of hydrogen-bond donors (Lipinski definition) is 1. The van der Waals surface area contributed by atoms with Gasteiger partial charge in [-0.3, -0.25) is 0 Å². The van der Waals surface area contributed by atoms with E-state index in [9.17, 15) is 0 Å². The molecule has 0 aromatic heterocycles. The minimum Gasteiger partial charge on any atom is -0.330 e. The van der Waals surface area contributed by atoms with Gasteiger partial charge >= 0.3 is 0 Å². The molecule has 2 rings (SSSR count). The lowest BCUT2D eigenvalue weighted by Gasteiger charge is -2.09. The molecule has 1 saturated carbocycles. The highest BCUT2D eigenvalue weighted by atomic mass is 35.5. The zero-order valence-electron chi connectivity index (χ0n) is 7.59. The van der Waals surface area contributed by atoms with E-state index in [0.717, 1.165) is 17.4 Å². The van der Waals surface area contributed by atoms with Crippen molar-refractivity contribution in [2.75, 3.05) is 6.54 Å². The third-order valence-electron chi connectivity index (χ3n) is 2.54. The van der Waals surface area contributed by atoms with E-state index < -0.39 is 0 Å². The Morgan fingerprint density at radius 1 is 1.38 bits per heavy atom. The van der Waals surface area contributed by atoms with Crippen molar-refractivity contribution >= 4 is 11.6 Å². The van der Waals surface area contributed by atoms with Crippen molar-refractivity contribution < 1.29 is 0 Å². The van der Waals surface area contributed by atoms with Crippen LogP contribution < -0.4 is 5.73 Å². The second-order valence-electron chi connectivity index (χ2n) is 3.63. The summed E-state index contributed by atoms with van der Waals surface area (Å²) in [7, 11) is 0. The average Bonchev–Trinajstić information content (AvgIpc) is 2.88. The number of hydrogen-bond acceptors (Lipinski definition) is 1. The second kappa shape index (κ2) is 3.69. The fraction of sp³-hybridized carbons (Fsp3) is 0.455. The van der Waals surface area contributed by atoms with E-state index >= 15 is 0 Å². The minimum atomic E-state index is 0.708. The summed E-state index contributed by atoms with van der Waals surface area (Å²) >= 11 is 6.16. The topological polar surface area (TPSA) is 26.0 Å². The highest BCUT2D eigenvalue weighted by Gasteiger charge is 2.27. The van der Waals surface area contributed by atoms with Crippen LogP contribution in [0.3, 0.4) is 0 Å². The van der Waals surface area contributed by atoms with Gasteiger partial charge in [0.25, 0.3) is 0 Å². The van der Waals surface area contributed by atoms with Crippen molar-refractivity contribution in [2.45, 2.75) is 25.2 Å².